The van der Waals surface area contributed by atoms with E-state index in [1.807, 2.05) is 18.2 Å². The van der Waals surface area contributed by atoms with Crippen molar-refractivity contribution >= 4 is 12.4 Å². The van der Waals surface area contributed by atoms with Crippen LogP contribution in [0.15, 0.2) is 42.5 Å². The Balaban J connectivity index is 0.00000261. The van der Waals surface area contributed by atoms with E-state index in [1.165, 1.54) is 11.1 Å². The molecular formula is C21H28ClNO4. The van der Waals surface area contributed by atoms with Gasteiger partial charge in [-0.25, -0.2) is 0 Å². The van der Waals surface area contributed by atoms with Crippen LogP contribution in [0.3, 0.4) is 0 Å². The second-order valence-corrected chi connectivity index (χ2v) is 6.60. The van der Waals surface area contributed by atoms with E-state index in [9.17, 15) is 5.11 Å². The molecule has 0 bridgehead atoms. The molecule has 0 fully saturated rings. The van der Waals surface area contributed by atoms with Gasteiger partial charge in [-0.1, -0.05) is 24.3 Å². The van der Waals surface area contributed by atoms with E-state index in [2.05, 4.69) is 29.2 Å². The van der Waals surface area contributed by atoms with Gasteiger partial charge in [-0.2, -0.15) is 0 Å². The average molecular weight is 394 g/mol. The van der Waals surface area contributed by atoms with Crippen molar-refractivity contribution in [3.8, 4) is 11.5 Å². The van der Waals surface area contributed by atoms with Gasteiger partial charge in [-0.15, -0.1) is 12.4 Å². The molecule has 148 valence electrons. The largest absolute Gasteiger partial charge is 0.497 e. The van der Waals surface area contributed by atoms with Crippen molar-refractivity contribution in [3.63, 3.8) is 0 Å². The molecule has 3 rings (SSSR count). The molecular weight excluding hydrogens is 366 g/mol. The normalized spacial score (nSPS) is 14.8. The molecule has 1 unspecified atom stereocenters. The molecule has 0 aromatic heterocycles. The number of fused-ring (bicyclic) bond motifs is 1. The van der Waals surface area contributed by atoms with E-state index in [0.29, 0.717) is 19.8 Å². The number of ether oxygens (including phenoxy) is 3. The summed E-state index contributed by atoms with van der Waals surface area (Å²) in [6.45, 7) is 3.14. The first-order valence-corrected chi connectivity index (χ1v) is 8.95. The minimum absolute atomic E-state index is 0. The lowest BCUT2D eigenvalue weighted by Crippen LogP contribution is -2.38. The smallest absolute Gasteiger partial charge is 0.124 e. The fourth-order valence-corrected chi connectivity index (χ4v) is 3.36. The fourth-order valence-electron chi connectivity index (χ4n) is 3.36. The molecule has 1 N–H and O–H groups in total. The highest BCUT2D eigenvalue weighted by Gasteiger charge is 2.18. The highest BCUT2D eigenvalue weighted by Crippen LogP contribution is 2.24. The lowest BCUT2D eigenvalue weighted by Gasteiger charge is -2.30. The van der Waals surface area contributed by atoms with Crippen molar-refractivity contribution in [2.24, 2.45) is 0 Å². The van der Waals surface area contributed by atoms with Gasteiger partial charge in [-0.3, -0.25) is 4.90 Å². The van der Waals surface area contributed by atoms with Gasteiger partial charge < -0.3 is 19.3 Å². The molecule has 0 saturated heterocycles. The Morgan fingerprint density at radius 1 is 1.07 bits per heavy atom. The van der Waals surface area contributed by atoms with Crippen molar-refractivity contribution in [3.05, 3.63) is 59.2 Å². The molecule has 0 aliphatic carbocycles. The van der Waals surface area contributed by atoms with Gasteiger partial charge in [0.05, 0.1) is 33.5 Å². The van der Waals surface area contributed by atoms with Gasteiger partial charge in [0, 0.05) is 25.2 Å². The van der Waals surface area contributed by atoms with Crippen LogP contribution in [0.2, 0.25) is 0 Å². The molecule has 1 atom stereocenters. The van der Waals surface area contributed by atoms with Crippen molar-refractivity contribution in [2.75, 3.05) is 33.9 Å². The van der Waals surface area contributed by atoms with E-state index in [-0.39, 0.29) is 12.4 Å². The van der Waals surface area contributed by atoms with Crippen LogP contribution >= 0.6 is 12.4 Å². The first-order chi connectivity index (χ1) is 12.7. The van der Waals surface area contributed by atoms with Gasteiger partial charge in [-0.05, 0) is 35.7 Å². The third kappa shape index (κ3) is 5.84. The van der Waals surface area contributed by atoms with E-state index in [0.717, 1.165) is 36.6 Å². The Labute approximate surface area is 167 Å². The molecule has 0 radical (unpaired) electrons. The van der Waals surface area contributed by atoms with E-state index in [4.69, 9.17) is 14.2 Å². The summed E-state index contributed by atoms with van der Waals surface area (Å²) in [5.41, 5.74) is 3.68. The Hall–Kier alpha value is -1.79. The minimum atomic E-state index is -0.517. The lowest BCUT2D eigenvalue weighted by molar-refractivity contribution is 0.00724. The summed E-state index contributed by atoms with van der Waals surface area (Å²) in [4.78, 5) is 2.28. The monoisotopic (exact) mass is 393 g/mol. The zero-order valence-electron chi connectivity index (χ0n) is 15.9. The summed E-state index contributed by atoms with van der Waals surface area (Å²) in [6, 6.07) is 14.1. The maximum atomic E-state index is 10.3. The molecule has 2 aromatic carbocycles. The van der Waals surface area contributed by atoms with Crippen LogP contribution in [-0.4, -0.2) is 50.0 Å². The molecule has 5 nitrogen and oxygen atoms in total. The molecule has 0 spiro atoms. The second kappa shape index (κ2) is 10.5. The maximum absolute atomic E-state index is 10.3. The average Bonchev–Trinajstić information content (AvgIpc) is 2.67. The summed E-state index contributed by atoms with van der Waals surface area (Å²) in [7, 11) is 3.27. The minimum Gasteiger partial charge on any atom is -0.497 e. The van der Waals surface area contributed by atoms with Gasteiger partial charge in [0.1, 0.15) is 11.5 Å². The Bertz CT molecular complexity index is 725. The molecule has 1 aliphatic heterocycles. The second-order valence-electron chi connectivity index (χ2n) is 6.60. The number of β-amino-alcohol motifs (C(OH)–C–C–N with tert-alkyl or cyclic N) is 1. The first kappa shape index (κ1) is 21.5. The van der Waals surface area contributed by atoms with Crippen LogP contribution in [-0.2, 0) is 24.3 Å². The third-order valence-corrected chi connectivity index (χ3v) is 4.73. The zero-order chi connectivity index (χ0) is 18.4. The van der Waals surface area contributed by atoms with Gasteiger partial charge in [0.25, 0.3) is 0 Å². The number of aliphatic hydroxyl groups is 1. The van der Waals surface area contributed by atoms with Crippen molar-refractivity contribution in [2.45, 2.75) is 25.7 Å². The van der Waals surface area contributed by atoms with E-state index < -0.39 is 6.10 Å². The van der Waals surface area contributed by atoms with Crippen LogP contribution in [0.4, 0.5) is 0 Å². The summed E-state index contributed by atoms with van der Waals surface area (Å²) in [5.74, 6) is 1.52. The van der Waals surface area contributed by atoms with Gasteiger partial charge in [0.2, 0.25) is 0 Å². The number of benzene rings is 2. The number of rotatable bonds is 8. The molecule has 1 heterocycles. The summed E-state index contributed by atoms with van der Waals surface area (Å²) < 4.78 is 16.3. The molecule has 27 heavy (non-hydrogen) atoms. The lowest BCUT2D eigenvalue weighted by atomic mass is 10.00. The number of hydrogen-bond acceptors (Lipinski definition) is 5. The van der Waals surface area contributed by atoms with Crippen LogP contribution in [0, 0.1) is 0 Å². The molecule has 6 heteroatoms. The van der Waals surface area contributed by atoms with Gasteiger partial charge >= 0.3 is 0 Å². The first-order valence-electron chi connectivity index (χ1n) is 8.95. The maximum Gasteiger partial charge on any atom is 0.124 e. The van der Waals surface area contributed by atoms with Crippen molar-refractivity contribution in [1.82, 2.24) is 4.90 Å². The van der Waals surface area contributed by atoms with Crippen molar-refractivity contribution < 1.29 is 19.3 Å². The van der Waals surface area contributed by atoms with E-state index in [1.54, 1.807) is 14.2 Å². The quantitative estimate of drug-likeness (QED) is 0.747. The third-order valence-electron chi connectivity index (χ3n) is 4.73. The van der Waals surface area contributed by atoms with Crippen LogP contribution in [0.1, 0.15) is 16.7 Å². The Morgan fingerprint density at radius 2 is 1.85 bits per heavy atom. The number of hydrogen-bond donors (Lipinski definition) is 1. The summed E-state index contributed by atoms with van der Waals surface area (Å²) >= 11 is 0. The summed E-state index contributed by atoms with van der Waals surface area (Å²) in [6.07, 6.45) is 0.516. The Kier molecular flexibility index (Phi) is 8.38. The standard InChI is InChI=1S/C21H27NO4.ClH/c1-24-20-7-8-21(25-2)18(11-20)14-26-15-19(23)13-22-10-9-16-5-3-4-6-17(16)12-22;/h3-8,11,19,23H,9-10,12-15H2,1-2H3;1H. The Morgan fingerprint density at radius 3 is 2.59 bits per heavy atom. The highest BCUT2D eigenvalue weighted by atomic mass is 35.5. The predicted octanol–water partition coefficient (Wildman–Crippen LogP) is 3.06. The van der Waals surface area contributed by atoms with Gasteiger partial charge in [0.15, 0.2) is 0 Å². The summed E-state index contributed by atoms with van der Waals surface area (Å²) in [5, 5.41) is 10.3. The van der Waals surface area contributed by atoms with Crippen LogP contribution in [0.25, 0.3) is 0 Å². The molecule has 0 saturated carbocycles. The number of nitrogens with zero attached hydrogens (tertiary/aromatic N) is 1. The topological polar surface area (TPSA) is 51.2 Å². The zero-order valence-corrected chi connectivity index (χ0v) is 16.7. The fraction of sp³-hybridized carbons (Fsp3) is 0.429. The predicted molar refractivity (Wildman–Crippen MR) is 108 cm³/mol. The number of halogens is 1. The van der Waals surface area contributed by atoms with Crippen molar-refractivity contribution in [1.29, 1.82) is 0 Å². The molecule has 1 aliphatic rings. The van der Waals surface area contributed by atoms with E-state index >= 15 is 0 Å². The number of aliphatic hydroxyl groups excluding tert-OH is 1. The van der Waals surface area contributed by atoms with Crippen LogP contribution < -0.4 is 9.47 Å². The molecule has 0 amide bonds. The highest BCUT2D eigenvalue weighted by molar-refractivity contribution is 5.85. The van der Waals surface area contributed by atoms with Crippen LogP contribution in [0.5, 0.6) is 11.5 Å². The SMILES string of the molecule is COc1ccc(OC)c(COCC(O)CN2CCc3ccccc3C2)c1.Cl. The number of methoxy groups -OCH3 is 2. The molecule has 2 aromatic rings.